The van der Waals surface area contributed by atoms with Gasteiger partial charge in [-0.25, -0.2) is 8.42 Å². The zero-order valence-electron chi connectivity index (χ0n) is 10.9. The molecule has 0 atom stereocenters. The molecule has 1 N–H and O–H groups in total. The average molecular weight is 260 g/mol. The van der Waals surface area contributed by atoms with Crippen LogP contribution in [0, 0.1) is 5.92 Å². The second-order valence-corrected chi connectivity index (χ2v) is 6.89. The third kappa shape index (κ3) is 4.41. The minimum atomic E-state index is -3.15. The van der Waals surface area contributed by atoms with Crippen LogP contribution < -0.4 is 5.32 Å². The van der Waals surface area contributed by atoms with Crippen LogP contribution in [0.2, 0.25) is 0 Å². The number of piperidine rings is 1. The van der Waals surface area contributed by atoms with E-state index in [9.17, 15) is 8.42 Å². The molecule has 5 heteroatoms. The molecule has 0 aromatic carbocycles. The Bertz CT molecular complexity index is 332. The molecule has 0 spiro atoms. The Morgan fingerprint density at radius 2 is 2.00 bits per heavy atom. The summed E-state index contributed by atoms with van der Waals surface area (Å²) < 4.78 is 26.1. The highest BCUT2D eigenvalue weighted by molar-refractivity contribution is 7.89. The molecule has 100 valence electrons. The Labute approximate surface area is 105 Å². The number of hydrogen-bond donors (Lipinski definition) is 1. The predicted molar refractivity (Wildman–Crippen MR) is 71.4 cm³/mol. The summed E-state index contributed by atoms with van der Waals surface area (Å²) in [5, 5.41) is 3.25. The van der Waals surface area contributed by atoms with Gasteiger partial charge in [-0.3, -0.25) is 0 Å². The summed E-state index contributed by atoms with van der Waals surface area (Å²) in [7, 11) is -3.15. The van der Waals surface area contributed by atoms with Crippen LogP contribution in [0.5, 0.6) is 0 Å². The van der Waals surface area contributed by atoms with E-state index in [-0.39, 0.29) is 11.8 Å². The standard InChI is InChI=1S/C12H24N2O2S/c1-4-9-14(11(2)3)17(15,16)10-12-5-7-13-8-6-12/h4,11-13H,1,5-10H2,2-3H3. The highest BCUT2D eigenvalue weighted by Crippen LogP contribution is 2.18. The number of nitrogens with one attached hydrogen (secondary N) is 1. The van der Waals surface area contributed by atoms with Gasteiger partial charge in [0.05, 0.1) is 5.75 Å². The van der Waals surface area contributed by atoms with Gasteiger partial charge in [-0.05, 0) is 45.7 Å². The summed E-state index contributed by atoms with van der Waals surface area (Å²) in [4.78, 5) is 0. The minimum absolute atomic E-state index is 0.000263. The van der Waals surface area contributed by atoms with E-state index in [2.05, 4.69) is 11.9 Å². The lowest BCUT2D eigenvalue weighted by atomic mass is 10.0. The van der Waals surface area contributed by atoms with Gasteiger partial charge in [0.2, 0.25) is 10.0 Å². The smallest absolute Gasteiger partial charge is 0.214 e. The van der Waals surface area contributed by atoms with Crippen LogP contribution in [-0.2, 0) is 10.0 Å². The van der Waals surface area contributed by atoms with Crippen molar-refractivity contribution >= 4 is 10.0 Å². The van der Waals surface area contributed by atoms with E-state index in [1.54, 1.807) is 10.4 Å². The Morgan fingerprint density at radius 1 is 1.41 bits per heavy atom. The number of nitrogens with zero attached hydrogens (tertiary/aromatic N) is 1. The molecule has 1 fully saturated rings. The van der Waals surface area contributed by atoms with Crippen molar-refractivity contribution in [1.82, 2.24) is 9.62 Å². The lowest BCUT2D eigenvalue weighted by Crippen LogP contribution is -2.41. The molecular weight excluding hydrogens is 236 g/mol. The highest BCUT2D eigenvalue weighted by Gasteiger charge is 2.28. The van der Waals surface area contributed by atoms with Gasteiger partial charge in [-0.15, -0.1) is 6.58 Å². The van der Waals surface area contributed by atoms with Crippen LogP contribution in [0.1, 0.15) is 26.7 Å². The van der Waals surface area contributed by atoms with Gasteiger partial charge < -0.3 is 5.32 Å². The first-order chi connectivity index (χ1) is 7.97. The molecule has 0 radical (unpaired) electrons. The maximum Gasteiger partial charge on any atom is 0.214 e. The van der Waals surface area contributed by atoms with Crippen molar-refractivity contribution in [3.8, 4) is 0 Å². The molecule has 1 saturated heterocycles. The quantitative estimate of drug-likeness (QED) is 0.730. The molecule has 0 aromatic rings. The normalized spacial score (nSPS) is 18.8. The van der Waals surface area contributed by atoms with E-state index >= 15 is 0 Å². The molecular formula is C12H24N2O2S. The maximum atomic E-state index is 12.3. The monoisotopic (exact) mass is 260 g/mol. The first kappa shape index (κ1) is 14.7. The van der Waals surface area contributed by atoms with Gasteiger partial charge in [0, 0.05) is 12.6 Å². The Morgan fingerprint density at radius 3 is 2.47 bits per heavy atom. The molecule has 1 aliphatic heterocycles. The van der Waals surface area contributed by atoms with E-state index in [1.807, 2.05) is 13.8 Å². The first-order valence-corrected chi connectivity index (χ1v) is 7.89. The van der Waals surface area contributed by atoms with Crippen LogP contribution in [0.25, 0.3) is 0 Å². The van der Waals surface area contributed by atoms with Crippen molar-refractivity contribution < 1.29 is 8.42 Å². The first-order valence-electron chi connectivity index (χ1n) is 6.28. The molecule has 0 unspecified atom stereocenters. The largest absolute Gasteiger partial charge is 0.317 e. The van der Waals surface area contributed by atoms with E-state index in [0.717, 1.165) is 25.9 Å². The second kappa shape index (κ2) is 6.52. The minimum Gasteiger partial charge on any atom is -0.317 e. The van der Waals surface area contributed by atoms with Gasteiger partial charge in [0.15, 0.2) is 0 Å². The molecule has 0 aliphatic carbocycles. The fraction of sp³-hybridized carbons (Fsp3) is 0.833. The zero-order valence-corrected chi connectivity index (χ0v) is 11.7. The summed E-state index contributed by atoms with van der Waals surface area (Å²) in [6.45, 7) is 9.71. The summed E-state index contributed by atoms with van der Waals surface area (Å²) in [5.41, 5.74) is 0. The van der Waals surface area contributed by atoms with Gasteiger partial charge in [-0.1, -0.05) is 6.08 Å². The van der Waals surface area contributed by atoms with Crippen molar-refractivity contribution in [3.05, 3.63) is 12.7 Å². The molecule has 0 saturated carbocycles. The van der Waals surface area contributed by atoms with Gasteiger partial charge in [0.25, 0.3) is 0 Å². The van der Waals surface area contributed by atoms with Crippen molar-refractivity contribution in [1.29, 1.82) is 0 Å². The van der Waals surface area contributed by atoms with Crippen molar-refractivity contribution in [2.24, 2.45) is 5.92 Å². The topological polar surface area (TPSA) is 49.4 Å². The number of hydrogen-bond acceptors (Lipinski definition) is 3. The summed E-state index contributed by atoms with van der Waals surface area (Å²) in [5.74, 6) is 0.577. The summed E-state index contributed by atoms with van der Waals surface area (Å²) in [6.07, 6.45) is 3.57. The molecule has 1 heterocycles. The molecule has 0 amide bonds. The lowest BCUT2D eigenvalue weighted by molar-refractivity contribution is 0.360. The predicted octanol–water partition coefficient (Wildman–Crippen LogP) is 1.21. The molecule has 1 aliphatic rings. The third-order valence-electron chi connectivity index (χ3n) is 3.15. The average Bonchev–Trinajstić information content (AvgIpc) is 2.26. The van der Waals surface area contributed by atoms with Crippen LogP contribution >= 0.6 is 0 Å². The molecule has 17 heavy (non-hydrogen) atoms. The fourth-order valence-electron chi connectivity index (χ4n) is 2.21. The van der Waals surface area contributed by atoms with Crippen molar-refractivity contribution in [2.75, 3.05) is 25.4 Å². The molecule has 4 nitrogen and oxygen atoms in total. The van der Waals surface area contributed by atoms with E-state index in [4.69, 9.17) is 0 Å². The van der Waals surface area contributed by atoms with Gasteiger partial charge >= 0.3 is 0 Å². The lowest BCUT2D eigenvalue weighted by Gasteiger charge is -2.28. The van der Waals surface area contributed by atoms with Crippen molar-refractivity contribution in [3.63, 3.8) is 0 Å². The SMILES string of the molecule is C=CCN(C(C)C)S(=O)(=O)CC1CCNCC1. The van der Waals surface area contributed by atoms with Crippen LogP contribution in [0.15, 0.2) is 12.7 Å². The Balaban J connectivity index is 2.66. The van der Waals surface area contributed by atoms with E-state index in [1.165, 1.54) is 0 Å². The Hall–Kier alpha value is -0.390. The van der Waals surface area contributed by atoms with Gasteiger partial charge in [0.1, 0.15) is 0 Å². The van der Waals surface area contributed by atoms with Gasteiger partial charge in [-0.2, -0.15) is 4.31 Å². The fourth-order valence-corrected chi connectivity index (χ4v) is 4.31. The van der Waals surface area contributed by atoms with Crippen molar-refractivity contribution in [2.45, 2.75) is 32.7 Å². The number of rotatable bonds is 6. The number of sulfonamides is 1. The molecule has 1 rings (SSSR count). The molecule has 0 bridgehead atoms. The van der Waals surface area contributed by atoms with E-state index in [0.29, 0.717) is 12.5 Å². The molecule has 0 aromatic heterocycles. The van der Waals surface area contributed by atoms with Crippen LogP contribution in [0.4, 0.5) is 0 Å². The third-order valence-corrected chi connectivity index (χ3v) is 5.33. The highest BCUT2D eigenvalue weighted by atomic mass is 32.2. The van der Waals surface area contributed by atoms with Crippen LogP contribution in [-0.4, -0.2) is 44.2 Å². The van der Waals surface area contributed by atoms with Crippen LogP contribution in [0.3, 0.4) is 0 Å². The van der Waals surface area contributed by atoms with E-state index < -0.39 is 10.0 Å². The summed E-state index contributed by atoms with van der Waals surface area (Å²) in [6, 6.07) is -0.000263. The zero-order chi connectivity index (χ0) is 12.9. The maximum absolute atomic E-state index is 12.3. The summed E-state index contributed by atoms with van der Waals surface area (Å²) >= 11 is 0. The second-order valence-electron chi connectivity index (χ2n) is 4.92. The Kier molecular flexibility index (Phi) is 5.62.